The van der Waals surface area contributed by atoms with Gasteiger partial charge in [0.25, 0.3) is 0 Å². The summed E-state index contributed by atoms with van der Waals surface area (Å²) in [5, 5.41) is 11.2. The Morgan fingerprint density at radius 1 is 1.19 bits per heavy atom. The second-order valence-corrected chi connectivity index (χ2v) is 7.60. The van der Waals surface area contributed by atoms with E-state index in [2.05, 4.69) is 30.0 Å². The lowest BCUT2D eigenvalue weighted by Gasteiger charge is -2.31. The molecule has 0 unspecified atom stereocenters. The van der Waals surface area contributed by atoms with Gasteiger partial charge in [0.05, 0.1) is 6.54 Å². The number of hydrogen-bond donors (Lipinski definition) is 1. The molecule has 26 heavy (non-hydrogen) atoms. The number of fused-ring (bicyclic) bond motifs is 1. The van der Waals surface area contributed by atoms with E-state index in [1.54, 1.807) is 0 Å². The Kier molecular flexibility index (Phi) is 5.85. The first-order valence-electron chi connectivity index (χ1n) is 8.37. The molecule has 0 amide bonds. The smallest absolute Gasteiger partial charge is 0.312 e. The molecule has 0 bridgehead atoms. The van der Waals surface area contributed by atoms with E-state index in [4.69, 9.17) is 0 Å². The fraction of sp³-hybridized carbons (Fsp3) is 0.667. The number of thiazole rings is 1. The number of halogens is 4. The van der Waals surface area contributed by atoms with E-state index >= 15 is 0 Å². The quantitative estimate of drug-likeness (QED) is 0.846. The van der Waals surface area contributed by atoms with Gasteiger partial charge in [0.15, 0.2) is 5.01 Å². The Hall–Kier alpha value is -1.23. The number of nitrogens with one attached hydrogen (secondary N) is 1. The van der Waals surface area contributed by atoms with E-state index in [0.717, 1.165) is 68.6 Å². The normalized spacial score (nSPS) is 19.2. The highest BCUT2D eigenvalue weighted by atomic mass is 35.5. The molecule has 0 spiro atoms. The predicted octanol–water partition coefficient (Wildman–Crippen LogP) is 2.66. The molecule has 0 radical (unpaired) electrons. The van der Waals surface area contributed by atoms with E-state index in [0.29, 0.717) is 17.3 Å². The Balaban J connectivity index is 0.00000196. The lowest BCUT2D eigenvalue weighted by molar-refractivity contribution is -0.137. The van der Waals surface area contributed by atoms with Crippen molar-refractivity contribution in [2.45, 2.75) is 44.6 Å². The summed E-state index contributed by atoms with van der Waals surface area (Å²) in [5.74, 6) is 2.43. The minimum Gasteiger partial charge on any atom is -0.312 e. The molecule has 1 N–H and O–H groups in total. The number of hydrogen-bond acceptors (Lipinski definition) is 6. The van der Waals surface area contributed by atoms with Crippen LogP contribution in [-0.2, 0) is 25.8 Å². The minimum atomic E-state index is -4.35. The molecule has 1 saturated heterocycles. The third-order valence-electron chi connectivity index (χ3n) is 4.78. The molecule has 2 aliphatic heterocycles. The Bertz CT molecular complexity index is 738. The van der Waals surface area contributed by atoms with Crippen molar-refractivity contribution in [2.75, 3.05) is 19.6 Å². The van der Waals surface area contributed by atoms with Crippen molar-refractivity contribution in [3.63, 3.8) is 0 Å². The molecule has 6 nitrogen and oxygen atoms in total. The summed E-state index contributed by atoms with van der Waals surface area (Å²) in [6.07, 6.45) is -1.09. The van der Waals surface area contributed by atoms with E-state index in [1.807, 2.05) is 0 Å². The third kappa shape index (κ3) is 4.03. The molecule has 0 atom stereocenters. The summed E-state index contributed by atoms with van der Waals surface area (Å²) in [4.78, 5) is 6.35. The van der Waals surface area contributed by atoms with Crippen molar-refractivity contribution in [2.24, 2.45) is 0 Å². The monoisotopic (exact) mass is 408 g/mol. The van der Waals surface area contributed by atoms with Gasteiger partial charge in [-0.3, -0.25) is 4.90 Å². The molecular formula is C15H20ClF3N6S. The van der Waals surface area contributed by atoms with E-state index in [-0.39, 0.29) is 12.4 Å². The van der Waals surface area contributed by atoms with Crippen LogP contribution in [0.2, 0.25) is 0 Å². The molecule has 1 fully saturated rings. The van der Waals surface area contributed by atoms with Crippen molar-refractivity contribution in [1.29, 1.82) is 0 Å². The van der Waals surface area contributed by atoms with Gasteiger partial charge in [-0.1, -0.05) is 0 Å². The van der Waals surface area contributed by atoms with Crippen molar-refractivity contribution in [1.82, 2.24) is 30.0 Å². The highest BCUT2D eigenvalue weighted by Crippen LogP contribution is 2.34. The summed E-state index contributed by atoms with van der Waals surface area (Å²) in [6, 6.07) is 0. The maximum atomic E-state index is 12.6. The fourth-order valence-corrected chi connectivity index (χ4v) is 4.32. The molecule has 11 heteroatoms. The molecule has 2 aliphatic rings. The molecule has 2 aromatic rings. The van der Waals surface area contributed by atoms with Crippen LogP contribution in [0, 0.1) is 0 Å². The SMILES string of the molecule is Cl.FC(F)(F)c1ncc(CN2CCC(c3nnc4n3CCNC4)CC2)s1. The van der Waals surface area contributed by atoms with Gasteiger partial charge in [-0.15, -0.1) is 33.9 Å². The average molecular weight is 409 g/mol. The van der Waals surface area contributed by atoms with Crippen molar-refractivity contribution >= 4 is 23.7 Å². The van der Waals surface area contributed by atoms with Gasteiger partial charge in [0.2, 0.25) is 0 Å². The molecule has 4 heterocycles. The van der Waals surface area contributed by atoms with E-state index < -0.39 is 11.2 Å². The van der Waals surface area contributed by atoms with Crippen LogP contribution < -0.4 is 5.32 Å². The van der Waals surface area contributed by atoms with Gasteiger partial charge in [-0.25, -0.2) is 4.98 Å². The van der Waals surface area contributed by atoms with E-state index in [9.17, 15) is 13.2 Å². The first kappa shape index (κ1) is 19.5. The Morgan fingerprint density at radius 2 is 1.96 bits per heavy atom. The summed E-state index contributed by atoms with van der Waals surface area (Å²) >= 11 is 0.739. The molecule has 0 aliphatic carbocycles. The fourth-order valence-electron chi connectivity index (χ4n) is 3.50. The van der Waals surface area contributed by atoms with Crippen LogP contribution in [0.15, 0.2) is 6.20 Å². The van der Waals surface area contributed by atoms with Crippen LogP contribution in [-0.4, -0.2) is 44.3 Å². The summed E-state index contributed by atoms with van der Waals surface area (Å²) in [5.41, 5.74) is 0. The number of aromatic nitrogens is 4. The maximum absolute atomic E-state index is 12.6. The van der Waals surface area contributed by atoms with Crippen LogP contribution in [0.5, 0.6) is 0 Å². The second kappa shape index (κ2) is 7.79. The van der Waals surface area contributed by atoms with Gasteiger partial charge < -0.3 is 9.88 Å². The number of likely N-dealkylation sites (tertiary alicyclic amines) is 1. The summed E-state index contributed by atoms with van der Waals surface area (Å²) in [6.45, 7) is 4.83. The van der Waals surface area contributed by atoms with Crippen molar-refractivity contribution < 1.29 is 13.2 Å². The summed E-state index contributed by atoms with van der Waals surface area (Å²) < 4.78 is 40.1. The molecule has 2 aromatic heterocycles. The molecular weight excluding hydrogens is 389 g/mol. The van der Waals surface area contributed by atoms with Gasteiger partial charge in [-0.2, -0.15) is 13.2 Å². The zero-order valence-electron chi connectivity index (χ0n) is 14.0. The first-order chi connectivity index (χ1) is 12.0. The van der Waals surface area contributed by atoms with Gasteiger partial charge >= 0.3 is 6.18 Å². The minimum absolute atomic E-state index is 0. The highest BCUT2D eigenvalue weighted by molar-refractivity contribution is 7.11. The average Bonchev–Trinajstić information content (AvgIpc) is 3.22. The first-order valence-corrected chi connectivity index (χ1v) is 9.19. The predicted molar refractivity (Wildman–Crippen MR) is 93.3 cm³/mol. The maximum Gasteiger partial charge on any atom is 0.443 e. The molecule has 144 valence electrons. The van der Waals surface area contributed by atoms with Crippen molar-refractivity contribution in [3.05, 3.63) is 27.7 Å². The van der Waals surface area contributed by atoms with E-state index in [1.165, 1.54) is 6.20 Å². The number of alkyl halides is 3. The largest absolute Gasteiger partial charge is 0.443 e. The standard InChI is InChI=1S/C15H19F3N6S.ClH/c16-15(17,18)14-20-7-11(25-14)9-23-4-1-10(2-5-23)13-22-21-12-8-19-3-6-24(12)13;/h7,10,19H,1-6,8-9H2;1H. The number of piperidine rings is 1. The zero-order chi connectivity index (χ0) is 17.4. The lowest BCUT2D eigenvalue weighted by atomic mass is 9.95. The number of nitrogens with zero attached hydrogens (tertiary/aromatic N) is 5. The van der Waals surface area contributed by atoms with Crippen molar-refractivity contribution in [3.8, 4) is 0 Å². The highest BCUT2D eigenvalue weighted by Gasteiger charge is 2.35. The van der Waals surface area contributed by atoms with Gasteiger partial charge in [0.1, 0.15) is 11.6 Å². The summed E-state index contributed by atoms with van der Waals surface area (Å²) in [7, 11) is 0. The van der Waals surface area contributed by atoms with Gasteiger partial charge in [0, 0.05) is 36.6 Å². The second-order valence-electron chi connectivity index (χ2n) is 6.48. The Morgan fingerprint density at radius 3 is 2.65 bits per heavy atom. The van der Waals surface area contributed by atoms with Crippen LogP contribution in [0.4, 0.5) is 13.2 Å². The third-order valence-corrected chi connectivity index (χ3v) is 5.81. The number of rotatable bonds is 3. The Labute approximate surface area is 159 Å². The van der Waals surface area contributed by atoms with Crippen LogP contribution >= 0.6 is 23.7 Å². The molecule has 0 aromatic carbocycles. The van der Waals surface area contributed by atoms with Crippen LogP contribution in [0.25, 0.3) is 0 Å². The van der Waals surface area contributed by atoms with Crippen LogP contribution in [0.1, 0.15) is 40.3 Å². The van der Waals surface area contributed by atoms with Crippen LogP contribution in [0.3, 0.4) is 0 Å². The zero-order valence-corrected chi connectivity index (χ0v) is 15.6. The molecule has 0 saturated carbocycles. The topological polar surface area (TPSA) is 58.9 Å². The lowest BCUT2D eigenvalue weighted by Crippen LogP contribution is -2.34. The molecule has 4 rings (SSSR count). The van der Waals surface area contributed by atoms with Gasteiger partial charge in [-0.05, 0) is 25.9 Å².